The first-order chi connectivity index (χ1) is 8.58. The number of benzene rings is 2. The minimum atomic E-state index is 0.409. The number of rotatable bonds is 3. The molecule has 0 aromatic heterocycles. The molecule has 0 saturated carbocycles. The van der Waals surface area contributed by atoms with Crippen LogP contribution in [0, 0.1) is 6.92 Å². The summed E-state index contributed by atoms with van der Waals surface area (Å²) in [5, 5.41) is 1.06. The van der Waals surface area contributed by atoms with Gasteiger partial charge in [0.25, 0.3) is 0 Å². The van der Waals surface area contributed by atoms with E-state index in [9.17, 15) is 0 Å². The van der Waals surface area contributed by atoms with Gasteiger partial charge >= 0.3 is 0 Å². The van der Waals surface area contributed by atoms with E-state index in [1.54, 1.807) is 12.1 Å². The molecule has 4 heteroatoms. The molecule has 0 spiro atoms. The lowest BCUT2D eigenvalue weighted by Crippen LogP contribution is -2.00. The number of ether oxygens (including phenoxy) is 1. The molecule has 0 aliphatic rings. The Balaban J connectivity index is 2.14. The second kappa shape index (κ2) is 5.51. The lowest BCUT2D eigenvalue weighted by Gasteiger charge is -2.11. The van der Waals surface area contributed by atoms with Crippen molar-refractivity contribution < 1.29 is 4.74 Å². The molecule has 0 atom stereocenters. The molecule has 94 valence electrons. The van der Waals surface area contributed by atoms with E-state index in [2.05, 4.69) is 0 Å². The lowest BCUT2D eigenvalue weighted by molar-refractivity contribution is 0.306. The predicted molar refractivity (Wildman–Crippen MR) is 76.4 cm³/mol. The van der Waals surface area contributed by atoms with E-state index >= 15 is 0 Å². The van der Waals surface area contributed by atoms with Crippen LogP contribution in [0.2, 0.25) is 10.0 Å². The van der Waals surface area contributed by atoms with Crippen molar-refractivity contribution in [2.24, 2.45) is 0 Å². The van der Waals surface area contributed by atoms with Crippen LogP contribution in [0.5, 0.6) is 5.75 Å². The summed E-state index contributed by atoms with van der Waals surface area (Å²) in [6.07, 6.45) is 0. The number of para-hydroxylation sites is 1. The van der Waals surface area contributed by atoms with Crippen molar-refractivity contribution in [1.29, 1.82) is 0 Å². The average molecular weight is 282 g/mol. The highest BCUT2D eigenvalue weighted by molar-refractivity contribution is 6.42. The summed E-state index contributed by atoms with van der Waals surface area (Å²) in [5.41, 5.74) is 8.46. The topological polar surface area (TPSA) is 35.2 Å². The summed E-state index contributed by atoms with van der Waals surface area (Å²) in [6, 6.07) is 11.1. The number of anilines is 1. The maximum Gasteiger partial charge on any atom is 0.145 e. The Morgan fingerprint density at radius 1 is 1.11 bits per heavy atom. The molecule has 0 bridgehead atoms. The van der Waals surface area contributed by atoms with E-state index < -0.39 is 0 Å². The second-order valence-corrected chi connectivity index (χ2v) is 4.84. The van der Waals surface area contributed by atoms with Crippen LogP contribution in [-0.2, 0) is 6.61 Å². The molecule has 0 amide bonds. The maximum atomic E-state index is 5.95. The molecule has 0 saturated heterocycles. The Kier molecular flexibility index (Phi) is 4.00. The molecular weight excluding hydrogens is 269 g/mol. The Labute approximate surface area is 116 Å². The smallest absolute Gasteiger partial charge is 0.145 e. The number of halogens is 2. The summed E-state index contributed by atoms with van der Waals surface area (Å²) in [5.74, 6) is 0.712. The Morgan fingerprint density at radius 3 is 2.56 bits per heavy atom. The van der Waals surface area contributed by atoms with Crippen molar-refractivity contribution in [3.8, 4) is 5.75 Å². The van der Waals surface area contributed by atoms with E-state index in [1.807, 2.05) is 31.2 Å². The number of hydrogen-bond acceptors (Lipinski definition) is 2. The first-order valence-electron chi connectivity index (χ1n) is 5.50. The molecule has 0 heterocycles. The minimum absolute atomic E-state index is 0.409. The molecule has 2 aromatic rings. The van der Waals surface area contributed by atoms with Crippen LogP contribution in [0.1, 0.15) is 11.1 Å². The van der Waals surface area contributed by atoms with Crippen LogP contribution < -0.4 is 10.5 Å². The predicted octanol–water partition coefficient (Wildman–Crippen LogP) is 4.46. The monoisotopic (exact) mass is 281 g/mol. The van der Waals surface area contributed by atoms with Gasteiger partial charge in [-0.3, -0.25) is 0 Å². The van der Waals surface area contributed by atoms with E-state index in [-0.39, 0.29) is 0 Å². The van der Waals surface area contributed by atoms with Gasteiger partial charge in [-0.1, -0.05) is 41.4 Å². The maximum absolute atomic E-state index is 5.95. The molecule has 0 unspecified atom stereocenters. The van der Waals surface area contributed by atoms with Gasteiger partial charge < -0.3 is 10.5 Å². The summed E-state index contributed by atoms with van der Waals surface area (Å²) >= 11 is 11.8. The third-order valence-electron chi connectivity index (χ3n) is 2.61. The van der Waals surface area contributed by atoms with Crippen LogP contribution in [0.15, 0.2) is 36.4 Å². The summed E-state index contributed by atoms with van der Waals surface area (Å²) < 4.78 is 5.72. The van der Waals surface area contributed by atoms with Crippen molar-refractivity contribution >= 4 is 28.9 Å². The average Bonchev–Trinajstić information content (AvgIpc) is 2.33. The van der Waals surface area contributed by atoms with Crippen LogP contribution in [0.25, 0.3) is 0 Å². The number of hydrogen-bond donors (Lipinski definition) is 1. The Hall–Kier alpha value is -1.38. The molecule has 0 radical (unpaired) electrons. The number of nitrogen functional groups attached to an aromatic ring is 1. The molecular formula is C14H13Cl2NO. The van der Waals surface area contributed by atoms with Gasteiger partial charge in [0.2, 0.25) is 0 Å². The van der Waals surface area contributed by atoms with Gasteiger partial charge in [0, 0.05) is 0 Å². The molecule has 0 aliphatic carbocycles. The highest BCUT2D eigenvalue weighted by atomic mass is 35.5. The third kappa shape index (κ3) is 2.89. The summed E-state index contributed by atoms with van der Waals surface area (Å²) in [4.78, 5) is 0. The molecule has 2 nitrogen and oxygen atoms in total. The van der Waals surface area contributed by atoms with Gasteiger partial charge in [0.1, 0.15) is 12.4 Å². The van der Waals surface area contributed by atoms with Crippen LogP contribution in [0.3, 0.4) is 0 Å². The standard InChI is InChI=1S/C14H13Cl2NO/c1-9-3-2-4-13(17)14(9)18-8-10-5-6-11(15)12(16)7-10/h2-7H,8,17H2,1H3. The SMILES string of the molecule is Cc1cccc(N)c1OCc1ccc(Cl)c(Cl)c1. The molecule has 2 aromatic carbocycles. The van der Waals surface area contributed by atoms with Crippen LogP contribution in [0.4, 0.5) is 5.69 Å². The van der Waals surface area contributed by atoms with Gasteiger partial charge in [-0.05, 0) is 36.2 Å². The zero-order chi connectivity index (χ0) is 13.1. The van der Waals surface area contributed by atoms with Crippen molar-refractivity contribution in [1.82, 2.24) is 0 Å². The summed E-state index contributed by atoms with van der Waals surface area (Å²) in [6.45, 7) is 2.37. The van der Waals surface area contributed by atoms with Crippen LogP contribution in [-0.4, -0.2) is 0 Å². The lowest BCUT2D eigenvalue weighted by atomic mass is 10.2. The minimum Gasteiger partial charge on any atom is -0.486 e. The van der Waals surface area contributed by atoms with E-state index in [0.717, 1.165) is 11.1 Å². The quantitative estimate of drug-likeness (QED) is 0.843. The van der Waals surface area contributed by atoms with Crippen molar-refractivity contribution in [3.63, 3.8) is 0 Å². The van der Waals surface area contributed by atoms with Crippen molar-refractivity contribution in [3.05, 3.63) is 57.6 Å². The Morgan fingerprint density at radius 2 is 1.89 bits per heavy atom. The van der Waals surface area contributed by atoms with E-state index in [0.29, 0.717) is 28.1 Å². The van der Waals surface area contributed by atoms with Gasteiger partial charge in [0.15, 0.2) is 0 Å². The van der Waals surface area contributed by atoms with Gasteiger partial charge in [0.05, 0.1) is 15.7 Å². The molecule has 2 N–H and O–H groups in total. The number of aryl methyl sites for hydroxylation is 1. The zero-order valence-corrected chi connectivity index (χ0v) is 11.4. The van der Waals surface area contributed by atoms with Crippen molar-refractivity contribution in [2.75, 3.05) is 5.73 Å². The first kappa shape index (κ1) is 13.1. The highest BCUT2D eigenvalue weighted by Crippen LogP contribution is 2.27. The summed E-state index contributed by atoms with van der Waals surface area (Å²) in [7, 11) is 0. The van der Waals surface area contributed by atoms with Gasteiger partial charge in [-0.2, -0.15) is 0 Å². The fourth-order valence-corrected chi connectivity index (χ4v) is 1.98. The Bertz CT molecular complexity index is 549. The largest absolute Gasteiger partial charge is 0.486 e. The zero-order valence-electron chi connectivity index (χ0n) is 9.91. The van der Waals surface area contributed by atoms with E-state index in [4.69, 9.17) is 33.7 Å². The number of nitrogens with two attached hydrogens (primary N) is 1. The van der Waals surface area contributed by atoms with Gasteiger partial charge in [-0.15, -0.1) is 0 Å². The molecule has 0 aliphatic heterocycles. The fourth-order valence-electron chi connectivity index (χ4n) is 1.66. The van der Waals surface area contributed by atoms with Crippen LogP contribution >= 0.6 is 23.2 Å². The van der Waals surface area contributed by atoms with Crippen molar-refractivity contribution in [2.45, 2.75) is 13.5 Å². The molecule has 18 heavy (non-hydrogen) atoms. The molecule has 2 rings (SSSR count). The van der Waals surface area contributed by atoms with E-state index in [1.165, 1.54) is 0 Å². The normalized spacial score (nSPS) is 10.4. The fraction of sp³-hybridized carbons (Fsp3) is 0.143. The first-order valence-corrected chi connectivity index (χ1v) is 6.25. The second-order valence-electron chi connectivity index (χ2n) is 4.03. The third-order valence-corrected chi connectivity index (χ3v) is 3.35. The van der Waals surface area contributed by atoms with Gasteiger partial charge in [-0.25, -0.2) is 0 Å². The highest BCUT2D eigenvalue weighted by Gasteiger charge is 2.05. The molecule has 0 fully saturated rings.